The molecule has 0 bridgehead atoms. The van der Waals surface area contributed by atoms with Gasteiger partial charge in [-0.1, -0.05) is 44.2 Å². The molecule has 5 heteroatoms. The Hall–Kier alpha value is -0.820. The molecular formula is C15H26IN3O. The SMILES string of the molecule is CCNC(=NCC(C)(C)c1ccccc1)NCCO.I. The Morgan fingerprint density at radius 3 is 2.40 bits per heavy atom. The molecule has 3 N–H and O–H groups in total. The van der Waals surface area contributed by atoms with Crippen molar-refractivity contribution in [2.75, 3.05) is 26.2 Å². The lowest BCUT2D eigenvalue weighted by Crippen LogP contribution is -2.39. The van der Waals surface area contributed by atoms with Gasteiger partial charge < -0.3 is 15.7 Å². The average molecular weight is 391 g/mol. The van der Waals surface area contributed by atoms with Gasteiger partial charge in [-0.15, -0.1) is 24.0 Å². The van der Waals surface area contributed by atoms with Crippen LogP contribution >= 0.6 is 24.0 Å². The second kappa shape index (κ2) is 9.99. The van der Waals surface area contributed by atoms with Crippen molar-refractivity contribution in [1.82, 2.24) is 10.6 Å². The van der Waals surface area contributed by atoms with E-state index < -0.39 is 0 Å². The minimum Gasteiger partial charge on any atom is -0.395 e. The summed E-state index contributed by atoms with van der Waals surface area (Å²) in [5.41, 5.74) is 1.26. The van der Waals surface area contributed by atoms with Gasteiger partial charge in [0.15, 0.2) is 5.96 Å². The number of hydrogen-bond donors (Lipinski definition) is 3. The molecule has 0 saturated carbocycles. The van der Waals surface area contributed by atoms with E-state index in [-0.39, 0.29) is 36.0 Å². The van der Waals surface area contributed by atoms with E-state index in [9.17, 15) is 0 Å². The number of aliphatic hydroxyl groups is 1. The van der Waals surface area contributed by atoms with Gasteiger partial charge >= 0.3 is 0 Å². The van der Waals surface area contributed by atoms with Gasteiger partial charge in [0.25, 0.3) is 0 Å². The molecule has 1 rings (SSSR count). The summed E-state index contributed by atoms with van der Waals surface area (Å²) < 4.78 is 0. The first-order valence-electron chi connectivity index (χ1n) is 6.78. The van der Waals surface area contributed by atoms with Crippen molar-refractivity contribution in [2.45, 2.75) is 26.2 Å². The normalized spacial score (nSPS) is 11.7. The fraction of sp³-hybridized carbons (Fsp3) is 0.533. The molecule has 0 unspecified atom stereocenters. The molecule has 0 heterocycles. The van der Waals surface area contributed by atoms with Crippen LogP contribution in [0.25, 0.3) is 0 Å². The van der Waals surface area contributed by atoms with Crippen molar-refractivity contribution in [2.24, 2.45) is 4.99 Å². The highest BCUT2D eigenvalue weighted by molar-refractivity contribution is 14.0. The van der Waals surface area contributed by atoms with Crippen molar-refractivity contribution in [1.29, 1.82) is 0 Å². The smallest absolute Gasteiger partial charge is 0.191 e. The topological polar surface area (TPSA) is 56.7 Å². The molecule has 0 aliphatic heterocycles. The molecular weight excluding hydrogens is 365 g/mol. The van der Waals surface area contributed by atoms with Gasteiger partial charge in [-0.25, -0.2) is 0 Å². The molecule has 0 fully saturated rings. The molecule has 114 valence electrons. The van der Waals surface area contributed by atoms with Gasteiger partial charge in [-0.3, -0.25) is 4.99 Å². The van der Waals surface area contributed by atoms with Gasteiger partial charge in [0.05, 0.1) is 13.2 Å². The number of hydrogen-bond acceptors (Lipinski definition) is 2. The second-order valence-electron chi connectivity index (χ2n) is 5.10. The highest BCUT2D eigenvalue weighted by Crippen LogP contribution is 2.22. The Bertz CT molecular complexity index is 393. The van der Waals surface area contributed by atoms with Crippen LogP contribution in [0.2, 0.25) is 0 Å². The monoisotopic (exact) mass is 391 g/mol. The number of rotatable bonds is 6. The number of halogens is 1. The third kappa shape index (κ3) is 6.56. The zero-order valence-corrected chi connectivity index (χ0v) is 14.8. The maximum absolute atomic E-state index is 8.84. The Balaban J connectivity index is 0.00000361. The predicted octanol–water partition coefficient (Wildman–Crippen LogP) is 2.13. The summed E-state index contributed by atoms with van der Waals surface area (Å²) in [5, 5.41) is 15.1. The number of nitrogens with one attached hydrogen (secondary N) is 2. The molecule has 0 saturated heterocycles. The van der Waals surface area contributed by atoms with E-state index in [1.807, 2.05) is 13.0 Å². The molecule has 0 aliphatic rings. The minimum absolute atomic E-state index is 0. The van der Waals surface area contributed by atoms with Crippen LogP contribution in [0.1, 0.15) is 26.3 Å². The Kier molecular flexibility index (Phi) is 9.58. The lowest BCUT2D eigenvalue weighted by Gasteiger charge is -2.23. The van der Waals surface area contributed by atoms with Gasteiger partial charge in [-0.05, 0) is 12.5 Å². The van der Waals surface area contributed by atoms with E-state index in [0.717, 1.165) is 12.5 Å². The Morgan fingerprint density at radius 1 is 1.20 bits per heavy atom. The van der Waals surface area contributed by atoms with Crippen LogP contribution < -0.4 is 10.6 Å². The molecule has 1 aromatic rings. The molecule has 20 heavy (non-hydrogen) atoms. The van der Waals surface area contributed by atoms with Crippen molar-refractivity contribution in [3.8, 4) is 0 Å². The first-order valence-corrected chi connectivity index (χ1v) is 6.78. The first-order chi connectivity index (χ1) is 9.10. The maximum atomic E-state index is 8.84. The predicted molar refractivity (Wildman–Crippen MR) is 96.0 cm³/mol. The fourth-order valence-electron chi connectivity index (χ4n) is 1.77. The first kappa shape index (κ1) is 19.2. The zero-order chi connectivity index (χ0) is 14.1. The fourth-order valence-corrected chi connectivity index (χ4v) is 1.77. The van der Waals surface area contributed by atoms with E-state index in [0.29, 0.717) is 13.1 Å². The molecule has 0 radical (unpaired) electrons. The summed E-state index contributed by atoms with van der Waals surface area (Å²) in [4.78, 5) is 4.58. The summed E-state index contributed by atoms with van der Waals surface area (Å²) in [6, 6.07) is 10.4. The van der Waals surface area contributed by atoms with Crippen LogP contribution in [-0.2, 0) is 5.41 Å². The van der Waals surface area contributed by atoms with Gasteiger partial charge in [0, 0.05) is 18.5 Å². The van der Waals surface area contributed by atoms with E-state index in [2.05, 4.69) is 53.7 Å². The van der Waals surface area contributed by atoms with Crippen LogP contribution in [0.3, 0.4) is 0 Å². The maximum Gasteiger partial charge on any atom is 0.191 e. The van der Waals surface area contributed by atoms with Gasteiger partial charge in [0.1, 0.15) is 0 Å². The van der Waals surface area contributed by atoms with Crippen molar-refractivity contribution >= 4 is 29.9 Å². The minimum atomic E-state index is -0.0111. The highest BCUT2D eigenvalue weighted by atomic mass is 127. The Labute approximate surface area is 139 Å². The van der Waals surface area contributed by atoms with Gasteiger partial charge in [-0.2, -0.15) is 0 Å². The summed E-state index contributed by atoms with van der Waals surface area (Å²) >= 11 is 0. The zero-order valence-electron chi connectivity index (χ0n) is 12.5. The molecule has 0 spiro atoms. The molecule has 0 atom stereocenters. The number of aliphatic imine (C=N–C) groups is 1. The van der Waals surface area contributed by atoms with Crippen molar-refractivity contribution in [3.63, 3.8) is 0 Å². The van der Waals surface area contributed by atoms with Crippen LogP contribution in [0, 0.1) is 0 Å². The second-order valence-corrected chi connectivity index (χ2v) is 5.10. The van der Waals surface area contributed by atoms with E-state index in [4.69, 9.17) is 5.11 Å². The van der Waals surface area contributed by atoms with E-state index >= 15 is 0 Å². The van der Waals surface area contributed by atoms with Crippen molar-refractivity contribution in [3.05, 3.63) is 35.9 Å². The quantitative estimate of drug-likeness (QED) is 0.396. The average Bonchev–Trinajstić information content (AvgIpc) is 2.43. The largest absolute Gasteiger partial charge is 0.395 e. The summed E-state index contributed by atoms with van der Waals surface area (Å²) in [5.74, 6) is 0.751. The Morgan fingerprint density at radius 2 is 1.85 bits per heavy atom. The molecule has 0 aromatic heterocycles. The number of nitrogens with zero attached hydrogens (tertiary/aromatic N) is 1. The summed E-state index contributed by atoms with van der Waals surface area (Å²) in [7, 11) is 0. The van der Waals surface area contributed by atoms with E-state index in [1.165, 1.54) is 5.56 Å². The number of guanidine groups is 1. The third-order valence-corrected chi connectivity index (χ3v) is 2.94. The molecule has 4 nitrogen and oxygen atoms in total. The van der Waals surface area contributed by atoms with E-state index in [1.54, 1.807) is 0 Å². The molecule has 1 aromatic carbocycles. The lowest BCUT2D eigenvalue weighted by molar-refractivity contribution is 0.300. The lowest BCUT2D eigenvalue weighted by atomic mass is 9.85. The van der Waals surface area contributed by atoms with Crippen LogP contribution in [-0.4, -0.2) is 37.3 Å². The highest BCUT2D eigenvalue weighted by Gasteiger charge is 2.19. The summed E-state index contributed by atoms with van der Waals surface area (Å²) in [6.07, 6.45) is 0. The third-order valence-electron chi connectivity index (χ3n) is 2.94. The number of benzene rings is 1. The summed E-state index contributed by atoms with van der Waals surface area (Å²) in [6.45, 7) is 8.51. The molecule has 0 aliphatic carbocycles. The van der Waals surface area contributed by atoms with Gasteiger partial charge in [0.2, 0.25) is 0 Å². The van der Waals surface area contributed by atoms with Crippen LogP contribution in [0.4, 0.5) is 0 Å². The van der Waals surface area contributed by atoms with Crippen LogP contribution in [0.5, 0.6) is 0 Å². The standard InChI is InChI=1S/C15H25N3O.HI/c1-4-16-14(17-10-11-19)18-12-15(2,3)13-8-6-5-7-9-13;/h5-9,19H,4,10-12H2,1-3H3,(H2,16,17,18);1H. The molecule has 0 amide bonds. The van der Waals surface area contributed by atoms with Crippen molar-refractivity contribution < 1.29 is 5.11 Å². The number of aliphatic hydroxyl groups excluding tert-OH is 1. The van der Waals surface area contributed by atoms with Crippen LogP contribution in [0.15, 0.2) is 35.3 Å².